The topological polar surface area (TPSA) is 69.9 Å². The fraction of sp³-hybridized carbons (Fsp3) is 0.211. The maximum Gasteiger partial charge on any atom is 0.209 e. The van der Waals surface area contributed by atoms with E-state index >= 15 is 0 Å². The molecular weight excluding hydrogens is 348 g/mol. The van der Waals surface area contributed by atoms with Crippen LogP contribution in [0, 0.1) is 0 Å². The smallest absolute Gasteiger partial charge is 0.209 e. The normalized spacial score (nSPS) is 14.0. The highest BCUT2D eigenvalue weighted by Gasteiger charge is 2.30. The van der Waals surface area contributed by atoms with E-state index in [1.807, 2.05) is 41.1 Å². The molecule has 0 unspecified atom stereocenters. The highest BCUT2D eigenvalue weighted by molar-refractivity contribution is 7.98. The van der Waals surface area contributed by atoms with Gasteiger partial charge >= 0.3 is 0 Å². The van der Waals surface area contributed by atoms with Crippen LogP contribution in [0.2, 0.25) is 0 Å². The van der Waals surface area contributed by atoms with Crippen LogP contribution in [-0.2, 0) is 5.75 Å². The lowest BCUT2D eigenvalue weighted by Crippen LogP contribution is -2.01. The number of nitrogens with zero attached hydrogens (tertiary/aromatic N) is 4. The molecule has 6 nitrogen and oxygen atoms in total. The summed E-state index contributed by atoms with van der Waals surface area (Å²) in [5, 5.41) is 9.57. The number of para-hydroxylation sites is 1. The van der Waals surface area contributed by atoms with Crippen LogP contribution < -0.4 is 0 Å². The Morgan fingerprint density at radius 1 is 1.08 bits per heavy atom. The first kappa shape index (κ1) is 15.5. The molecule has 3 aromatic heterocycles. The van der Waals surface area contributed by atoms with Gasteiger partial charge in [-0.25, -0.2) is 9.67 Å². The zero-order valence-electron chi connectivity index (χ0n) is 13.9. The van der Waals surface area contributed by atoms with Crippen molar-refractivity contribution in [1.82, 2.24) is 19.9 Å². The van der Waals surface area contributed by atoms with Gasteiger partial charge in [-0.05, 0) is 37.1 Å². The summed E-state index contributed by atoms with van der Waals surface area (Å²) in [5.41, 5.74) is 1.89. The molecular formula is C19H16N4O2S. The van der Waals surface area contributed by atoms with Crippen LogP contribution in [0.4, 0.5) is 0 Å². The number of furan rings is 1. The second-order valence-corrected chi connectivity index (χ2v) is 7.17. The van der Waals surface area contributed by atoms with Crippen molar-refractivity contribution in [2.24, 2.45) is 0 Å². The molecule has 1 saturated carbocycles. The standard InChI is InChI=1S/C19H16N4O2S/c1-2-5-15(6-3-1)23-18(13-8-9-13)20-19(21-23)26-12-14-11-17(25-22-14)16-7-4-10-24-16/h1-7,10-11,13H,8-9,12H2. The van der Waals surface area contributed by atoms with Gasteiger partial charge in [0.05, 0.1) is 17.6 Å². The van der Waals surface area contributed by atoms with Gasteiger partial charge in [0.2, 0.25) is 10.9 Å². The number of aromatic nitrogens is 4. The third kappa shape index (κ3) is 3.06. The molecule has 4 aromatic rings. The Morgan fingerprint density at radius 3 is 2.73 bits per heavy atom. The Balaban J connectivity index is 1.35. The molecule has 0 N–H and O–H groups in total. The second kappa shape index (κ2) is 6.49. The van der Waals surface area contributed by atoms with Gasteiger partial charge in [0.1, 0.15) is 5.82 Å². The van der Waals surface area contributed by atoms with Crippen LogP contribution in [-0.4, -0.2) is 19.9 Å². The van der Waals surface area contributed by atoms with Crippen molar-refractivity contribution in [3.63, 3.8) is 0 Å². The first-order valence-corrected chi connectivity index (χ1v) is 9.50. The largest absolute Gasteiger partial charge is 0.461 e. The molecule has 130 valence electrons. The molecule has 1 aliphatic rings. The van der Waals surface area contributed by atoms with E-state index in [0.717, 1.165) is 22.4 Å². The van der Waals surface area contributed by atoms with Gasteiger partial charge in [0, 0.05) is 17.7 Å². The van der Waals surface area contributed by atoms with Gasteiger partial charge < -0.3 is 8.94 Å². The molecule has 0 aliphatic heterocycles. The summed E-state index contributed by atoms with van der Waals surface area (Å²) in [6.07, 6.45) is 3.99. The maximum absolute atomic E-state index is 5.34. The van der Waals surface area contributed by atoms with E-state index in [9.17, 15) is 0 Å². The quantitative estimate of drug-likeness (QED) is 0.463. The van der Waals surface area contributed by atoms with Gasteiger partial charge in [-0.3, -0.25) is 0 Å². The highest BCUT2D eigenvalue weighted by atomic mass is 32.2. The maximum atomic E-state index is 5.34. The van der Waals surface area contributed by atoms with E-state index < -0.39 is 0 Å². The average molecular weight is 364 g/mol. The van der Waals surface area contributed by atoms with Crippen molar-refractivity contribution in [2.45, 2.75) is 29.7 Å². The summed E-state index contributed by atoms with van der Waals surface area (Å²) in [6.45, 7) is 0. The molecule has 3 heterocycles. The molecule has 0 saturated heterocycles. The van der Waals surface area contributed by atoms with E-state index in [4.69, 9.17) is 19.0 Å². The molecule has 0 spiro atoms. The van der Waals surface area contributed by atoms with Crippen molar-refractivity contribution in [2.75, 3.05) is 0 Å². The van der Waals surface area contributed by atoms with Crippen molar-refractivity contribution < 1.29 is 8.94 Å². The summed E-state index contributed by atoms with van der Waals surface area (Å²) >= 11 is 1.56. The third-order valence-corrected chi connectivity index (χ3v) is 5.10. The van der Waals surface area contributed by atoms with E-state index in [1.54, 1.807) is 18.0 Å². The highest BCUT2D eigenvalue weighted by Crippen LogP contribution is 2.40. The second-order valence-electron chi connectivity index (χ2n) is 6.22. The van der Waals surface area contributed by atoms with E-state index in [0.29, 0.717) is 23.2 Å². The number of thioether (sulfide) groups is 1. The first-order chi connectivity index (χ1) is 12.9. The molecule has 5 rings (SSSR count). The van der Waals surface area contributed by atoms with E-state index in [1.165, 1.54) is 12.8 Å². The molecule has 0 amide bonds. The Kier molecular flexibility index (Phi) is 3.86. The minimum absolute atomic E-state index is 0.523. The van der Waals surface area contributed by atoms with Crippen molar-refractivity contribution in [3.8, 4) is 17.2 Å². The van der Waals surface area contributed by atoms with Gasteiger partial charge in [0.25, 0.3) is 0 Å². The molecule has 26 heavy (non-hydrogen) atoms. The lowest BCUT2D eigenvalue weighted by atomic mass is 10.3. The van der Waals surface area contributed by atoms with Crippen molar-refractivity contribution in [3.05, 3.63) is 66.3 Å². The summed E-state index contributed by atoms with van der Waals surface area (Å²) in [7, 11) is 0. The van der Waals surface area contributed by atoms with Gasteiger partial charge in [-0.2, -0.15) is 0 Å². The molecule has 1 fully saturated rings. The summed E-state index contributed by atoms with van der Waals surface area (Å²) in [6, 6.07) is 15.7. The minimum Gasteiger partial charge on any atom is -0.461 e. The predicted octanol–water partition coefficient (Wildman–Crippen LogP) is 4.69. The SMILES string of the molecule is c1ccc(-n2nc(SCc3cc(-c4ccco4)on3)nc2C2CC2)cc1. The van der Waals surface area contributed by atoms with Gasteiger partial charge in [-0.15, -0.1) is 5.10 Å². The fourth-order valence-corrected chi connectivity index (χ4v) is 3.49. The van der Waals surface area contributed by atoms with E-state index in [-0.39, 0.29) is 0 Å². The summed E-state index contributed by atoms with van der Waals surface area (Å²) in [5.74, 6) is 3.53. The molecule has 7 heteroatoms. The predicted molar refractivity (Wildman–Crippen MR) is 97.1 cm³/mol. The van der Waals surface area contributed by atoms with Crippen molar-refractivity contribution in [1.29, 1.82) is 0 Å². The molecule has 0 radical (unpaired) electrons. The van der Waals surface area contributed by atoms with Crippen LogP contribution in [0.25, 0.3) is 17.2 Å². The van der Waals surface area contributed by atoms with Crippen molar-refractivity contribution >= 4 is 11.8 Å². The number of hydrogen-bond acceptors (Lipinski definition) is 6. The third-order valence-electron chi connectivity index (χ3n) is 4.23. The fourth-order valence-electron chi connectivity index (χ4n) is 2.78. The number of benzene rings is 1. The number of hydrogen-bond donors (Lipinski definition) is 0. The first-order valence-electron chi connectivity index (χ1n) is 8.51. The molecule has 0 bridgehead atoms. The lowest BCUT2D eigenvalue weighted by molar-refractivity contribution is 0.413. The van der Waals surface area contributed by atoms with Crippen LogP contribution in [0.1, 0.15) is 30.3 Å². The minimum atomic E-state index is 0.523. The van der Waals surface area contributed by atoms with Gasteiger partial charge in [0.15, 0.2) is 5.76 Å². The Morgan fingerprint density at radius 2 is 1.96 bits per heavy atom. The average Bonchev–Trinajstić information content (AvgIpc) is 3.09. The van der Waals surface area contributed by atoms with Crippen LogP contribution in [0.3, 0.4) is 0 Å². The lowest BCUT2D eigenvalue weighted by Gasteiger charge is -2.03. The summed E-state index contributed by atoms with van der Waals surface area (Å²) < 4.78 is 12.6. The molecule has 1 aliphatic carbocycles. The monoisotopic (exact) mass is 364 g/mol. The Labute approximate surface area is 154 Å². The van der Waals surface area contributed by atoms with Crippen LogP contribution in [0.5, 0.6) is 0 Å². The molecule has 0 atom stereocenters. The van der Waals surface area contributed by atoms with Crippen LogP contribution in [0.15, 0.2) is 68.9 Å². The number of rotatable bonds is 6. The Hall–Kier alpha value is -2.80. The van der Waals surface area contributed by atoms with E-state index in [2.05, 4.69) is 17.3 Å². The zero-order chi connectivity index (χ0) is 17.3. The zero-order valence-corrected chi connectivity index (χ0v) is 14.7. The Bertz CT molecular complexity index is 1000. The van der Waals surface area contributed by atoms with Gasteiger partial charge in [-0.1, -0.05) is 35.1 Å². The van der Waals surface area contributed by atoms with Crippen LogP contribution >= 0.6 is 11.8 Å². The molecule has 1 aromatic carbocycles. The summed E-state index contributed by atoms with van der Waals surface area (Å²) in [4.78, 5) is 4.76.